The topological polar surface area (TPSA) is 121 Å². The number of aromatic nitrogens is 2. The first-order valence-electron chi connectivity index (χ1n) is 9.08. The van der Waals surface area contributed by atoms with Crippen molar-refractivity contribution >= 4 is 16.0 Å². The fourth-order valence-electron chi connectivity index (χ4n) is 2.68. The number of benzene rings is 2. The molecule has 0 aliphatic rings. The Hall–Kier alpha value is -3.24. The molecule has 0 unspecified atom stereocenters. The Labute approximate surface area is 174 Å². The summed E-state index contributed by atoms with van der Waals surface area (Å²) in [4.78, 5) is 15.9. The Morgan fingerprint density at radius 3 is 2.57 bits per heavy atom. The lowest BCUT2D eigenvalue weighted by Crippen LogP contribution is -2.24. The normalized spacial score (nSPS) is 11.3. The molecule has 3 rings (SSSR count). The van der Waals surface area contributed by atoms with Gasteiger partial charge in [0.1, 0.15) is 5.75 Å². The summed E-state index contributed by atoms with van der Waals surface area (Å²) in [5.74, 6) is 0.533. The lowest BCUT2D eigenvalue weighted by Gasteiger charge is -2.09. The molecule has 2 aromatic carbocycles. The number of carbonyl (C=O) groups is 1. The van der Waals surface area contributed by atoms with Crippen LogP contribution in [0, 0.1) is 6.92 Å². The summed E-state index contributed by atoms with van der Waals surface area (Å²) in [7, 11) is -2.69. The van der Waals surface area contributed by atoms with Crippen molar-refractivity contribution in [1.82, 2.24) is 14.9 Å². The summed E-state index contributed by atoms with van der Waals surface area (Å²) >= 11 is 0. The Balaban J connectivity index is 1.73. The number of carbonyl (C=O) groups excluding carboxylic acids is 1. The van der Waals surface area contributed by atoms with Gasteiger partial charge in [0, 0.05) is 5.56 Å². The number of aryl methyl sites for hydroxylation is 1. The minimum absolute atomic E-state index is 0.0309. The Bertz CT molecular complexity index is 1140. The molecule has 158 valence electrons. The number of nitrogens with zero attached hydrogens (tertiary/aromatic N) is 2. The van der Waals surface area contributed by atoms with Crippen molar-refractivity contribution in [1.29, 1.82) is 0 Å². The predicted octanol–water partition coefficient (Wildman–Crippen LogP) is 2.71. The van der Waals surface area contributed by atoms with E-state index in [0.717, 1.165) is 5.75 Å². The molecule has 0 bridgehead atoms. The molecule has 0 spiro atoms. The van der Waals surface area contributed by atoms with E-state index in [0.29, 0.717) is 23.6 Å². The number of methoxy groups -OCH3 is 1. The van der Waals surface area contributed by atoms with Gasteiger partial charge in [0.05, 0.1) is 30.7 Å². The highest BCUT2D eigenvalue weighted by atomic mass is 32.2. The van der Waals surface area contributed by atoms with E-state index in [2.05, 4.69) is 19.6 Å². The minimum Gasteiger partial charge on any atom is -0.494 e. The van der Waals surface area contributed by atoms with Crippen LogP contribution < -0.4 is 9.46 Å². The summed E-state index contributed by atoms with van der Waals surface area (Å²) in [5.41, 5.74) is 1.33. The van der Waals surface area contributed by atoms with Crippen molar-refractivity contribution in [2.75, 3.05) is 13.7 Å². The Morgan fingerprint density at radius 2 is 1.90 bits per heavy atom. The second-order valence-electron chi connectivity index (χ2n) is 6.27. The van der Waals surface area contributed by atoms with Gasteiger partial charge in [-0.05, 0) is 55.8 Å². The lowest BCUT2D eigenvalue weighted by atomic mass is 10.1. The van der Waals surface area contributed by atoms with Crippen molar-refractivity contribution in [2.45, 2.75) is 25.3 Å². The van der Waals surface area contributed by atoms with Crippen LogP contribution in [-0.4, -0.2) is 38.2 Å². The van der Waals surface area contributed by atoms with E-state index in [9.17, 15) is 13.2 Å². The molecule has 3 aromatic rings. The summed E-state index contributed by atoms with van der Waals surface area (Å²) in [6, 6.07) is 11.4. The smallest absolute Gasteiger partial charge is 0.337 e. The summed E-state index contributed by atoms with van der Waals surface area (Å²) in [6.07, 6.45) is 0. The van der Waals surface area contributed by atoms with Crippen LogP contribution in [0.15, 0.2) is 51.9 Å². The first-order valence-corrected chi connectivity index (χ1v) is 10.6. The number of rotatable bonds is 8. The van der Waals surface area contributed by atoms with Crippen LogP contribution in [0.1, 0.15) is 28.7 Å². The summed E-state index contributed by atoms with van der Waals surface area (Å²) in [6.45, 7) is 3.89. The van der Waals surface area contributed by atoms with Gasteiger partial charge in [0.25, 0.3) is 0 Å². The molecule has 1 heterocycles. The van der Waals surface area contributed by atoms with Crippen LogP contribution in [0.4, 0.5) is 0 Å². The van der Waals surface area contributed by atoms with Gasteiger partial charge in [0.2, 0.25) is 21.7 Å². The highest BCUT2D eigenvalue weighted by Gasteiger charge is 2.20. The first kappa shape index (κ1) is 21.5. The second-order valence-corrected chi connectivity index (χ2v) is 8.00. The maximum absolute atomic E-state index is 12.7. The molecule has 0 radical (unpaired) electrons. The maximum Gasteiger partial charge on any atom is 0.337 e. The van der Waals surface area contributed by atoms with Crippen molar-refractivity contribution < 1.29 is 27.2 Å². The van der Waals surface area contributed by atoms with Crippen LogP contribution in [0.3, 0.4) is 0 Å². The molecule has 0 fully saturated rings. The first-order chi connectivity index (χ1) is 14.3. The zero-order valence-corrected chi connectivity index (χ0v) is 17.5. The average Bonchev–Trinajstić information content (AvgIpc) is 3.22. The number of sulfonamides is 1. The van der Waals surface area contributed by atoms with E-state index >= 15 is 0 Å². The zero-order chi connectivity index (χ0) is 21.7. The van der Waals surface area contributed by atoms with Crippen molar-refractivity contribution in [2.24, 2.45) is 0 Å². The molecule has 30 heavy (non-hydrogen) atoms. The third-order valence-corrected chi connectivity index (χ3v) is 5.75. The number of esters is 1. The van der Waals surface area contributed by atoms with Gasteiger partial charge in [-0.15, -0.1) is 0 Å². The van der Waals surface area contributed by atoms with Gasteiger partial charge >= 0.3 is 5.97 Å². The summed E-state index contributed by atoms with van der Waals surface area (Å²) in [5, 5.41) is 3.88. The molecule has 1 aromatic heterocycles. The highest BCUT2D eigenvalue weighted by molar-refractivity contribution is 7.89. The van der Waals surface area contributed by atoms with Crippen molar-refractivity contribution in [3.8, 4) is 17.1 Å². The standard InChI is InChI=1S/C20H21N3O6S/c1-4-28-16-9-7-14(8-10-16)19-22-18(29-23-19)12-21-30(25,26)17-11-15(20(24)27-3)6-5-13(17)2/h5-11,21H,4,12H2,1-3H3. The fourth-order valence-corrected chi connectivity index (χ4v) is 3.92. The lowest BCUT2D eigenvalue weighted by molar-refractivity contribution is 0.0600. The zero-order valence-electron chi connectivity index (χ0n) is 16.7. The number of nitrogens with one attached hydrogen (secondary N) is 1. The fraction of sp³-hybridized carbons (Fsp3) is 0.250. The molecule has 0 aliphatic carbocycles. The molecule has 0 atom stereocenters. The quantitative estimate of drug-likeness (QED) is 0.541. The third kappa shape index (κ3) is 4.84. The molecule has 0 saturated heterocycles. The molecule has 1 N–H and O–H groups in total. The monoisotopic (exact) mass is 431 g/mol. The average molecular weight is 431 g/mol. The van der Waals surface area contributed by atoms with Crippen molar-refractivity contribution in [3.05, 3.63) is 59.5 Å². The van der Waals surface area contributed by atoms with Gasteiger partial charge in [-0.2, -0.15) is 4.98 Å². The van der Waals surface area contributed by atoms with Gasteiger partial charge in [-0.1, -0.05) is 11.2 Å². The number of hydrogen-bond donors (Lipinski definition) is 1. The van der Waals surface area contributed by atoms with Crippen LogP contribution >= 0.6 is 0 Å². The van der Waals surface area contributed by atoms with E-state index in [1.807, 2.05) is 6.92 Å². The third-order valence-electron chi connectivity index (χ3n) is 4.20. The van der Waals surface area contributed by atoms with Crippen LogP contribution in [0.25, 0.3) is 11.4 Å². The second kappa shape index (κ2) is 9.06. The summed E-state index contributed by atoms with van der Waals surface area (Å²) < 4.78 is 43.0. The molecule has 10 heteroatoms. The predicted molar refractivity (Wildman–Crippen MR) is 107 cm³/mol. The van der Waals surface area contributed by atoms with E-state index in [1.165, 1.54) is 25.3 Å². The molecular weight excluding hydrogens is 410 g/mol. The van der Waals surface area contributed by atoms with Gasteiger partial charge in [-0.25, -0.2) is 17.9 Å². The highest BCUT2D eigenvalue weighted by Crippen LogP contribution is 2.21. The van der Waals surface area contributed by atoms with E-state index in [-0.39, 0.29) is 22.9 Å². The largest absolute Gasteiger partial charge is 0.494 e. The molecular formula is C20H21N3O6S. The van der Waals surface area contributed by atoms with Crippen LogP contribution in [-0.2, 0) is 21.3 Å². The van der Waals surface area contributed by atoms with Gasteiger partial charge in [-0.3, -0.25) is 0 Å². The SMILES string of the molecule is CCOc1ccc(-c2noc(CNS(=O)(=O)c3cc(C(=O)OC)ccc3C)n2)cc1. The Kier molecular flexibility index (Phi) is 6.48. The van der Waals surface area contributed by atoms with E-state index in [1.54, 1.807) is 31.2 Å². The van der Waals surface area contributed by atoms with Crippen molar-refractivity contribution in [3.63, 3.8) is 0 Å². The molecule has 9 nitrogen and oxygen atoms in total. The maximum atomic E-state index is 12.7. The van der Waals surface area contributed by atoms with E-state index in [4.69, 9.17) is 9.26 Å². The van der Waals surface area contributed by atoms with Crippen LogP contribution in [0.5, 0.6) is 5.75 Å². The molecule has 0 amide bonds. The van der Waals surface area contributed by atoms with Crippen LogP contribution in [0.2, 0.25) is 0 Å². The number of hydrogen-bond acceptors (Lipinski definition) is 8. The Morgan fingerprint density at radius 1 is 1.17 bits per heavy atom. The van der Waals surface area contributed by atoms with Gasteiger partial charge in [0.15, 0.2) is 0 Å². The minimum atomic E-state index is -3.92. The van der Waals surface area contributed by atoms with Gasteiger partial charge < -0.3 is 14.0 Å². The van der Waals surface area contributed by atoms with E-state index < -0.39 is 16.0 Å². The number of ether oxygens (including phenoxy) is 2. The molecule has 0 saturated carbocycles. The molecule has 0 aliphatic heterocycles.